The van der Waals surface area contributed by atoms with E-state index in [9.17, 15) is 4.79 Å². The molecular weight excluding hydrogens is 238 g/mol. The van der Waals surface area contributed by atoms with Crippen LogP contribution in [-0.2, 0) is 4.79 Å². The second kappa shape index (κ2) is 6.20. The van der Waals surface area contributed by atoms with Gasteiger partial charge in [0, 0.05) is 12.5 Å². The topological polar surface area (TPSA) is 29.1 Å². The van der Waals surface area contributed by atoms with Crippen molar-refractivity contribution in [3.8, 4) is 0 Å². The van der Waals surface area contributed by atoms with E-state index in [1.807, 2.05) is 0 Å². The Morgan fingerprint density at radius 2 is 1.81 bits per heavy atom. The zero-order chi connectivity index (χ0) is 10.2. The first-order chi connectivity index (χ1) is 6.57. The highest BCUT2D eigenvalue weighted by Crippen LogP contribution is 2.38. The van der Waals surface area contributed by atoms with E-state index in [4.69, 9.17) is 0 Å². The number of carbonyl (C=O) groups excluding carboxylic acids is 1. The molecule has 0 radical (unpaired) electrons. The van der Waals surface area contributed by atoms with Crippen molar-refractivity contribution in [1.82, 2.24) is 5.32 Å². The van der Waals surface area contributed by atoms with Gasteiger partial charge in [-0.05, 0) is 30.6 Å². The molecule has 1 saturated carbocycles. The van der Waals surface area contributed by atoms with E-state index < -0.39 is 0 Å². The van der Waals surface area contributed by atoms with Gasteiger partial charge >= 0.3 is 0 Å². The van der Waals surface area contributed by atoms with E-state index in [0.29, 0.717) is 12.5 Å². The molecular formula is C12H25NOS2. The van der Waals surface area contributed by atoms with Crippen molar-refractivity contribution in [2.75, 3.05) is 0 Å². The molecule has 0 aromatic heterocycles. The monoisotopic (exact) mass is 263 g/mol. The Bertz CT molecular complexity index is 243. The Hall–Kier alpha value is 0.170. The van der Waals surface area contributed by atoms with Gasteiger partial charge in [0.2, 0.25) is 5.91 Å². The molecule has 2 fully saturated rings. The fourth-order valence-corrected chi connectivity index (χ4v) is 3.12. The minimum Gasteiger partial charge on any atom is -0.353 e. The quantitative estimate of drug-likeness (QED) is 0.715. The highest BCUT2D eigenvalue weighted by Gasteiger charge is 2.36. The first-order valence-electron chi connectivity index (χ1n) is 5.86. The van der Waals surface area contributed by atoms with Crippen molar-refractivity contribution >= 4 is 32.9 Å². The third-order valence-corrected chi connectivity index (χ3v) is 3.71. The Morgan fingerprint density at radius 3 is 2.50 bits per heavy atom. The molecule has 2 atom stereocenters. The Balaban J connectivity index is 0.00000112. The average molecular weight is 263 g/mol. The summed E-state index contributed by atoms with van der Waals surface area (Å²) in [4.78, 5) is 11.6. The predicted molar refractivity (Wildman–Crippen MR) is 77.7 cm³/mol. The number of nitrogens with one attached hydrogen (secondary N) is 1. The summed E-state index contributed by atoms with van der Waals surface area (Å²) in [6.07, 6.45) is 7.09. The highest BCUT2D eigenvalue weighted by molar-refractivity contribution is 7.59. The van der Waals surface area contributed by atoms with Gasteiger partial charge in [-0.15, -0.1) is 0 Å². The first kappa shape index (κ1) is 16.2. The van der Waals surface area contributed by atoms with Gasteiger partial charge in [-0.2, -0.15) is 27.0 Å². The second-order valence-electron chi connectivity index (χ2n) is 5.76. The fraction of sp³-hybridized carbons (Fsp3) is 0.917. The van der Waals surface area contributed by atoms with Crippen LogP contribution in [0.5, 0.6) is 0 Å². The van der Waals surface area contributed by atoms with Gasteiger partial charge in [-0.3, -0.25) is 4.79 Å². The van der Waals surface area contributed by atoms with Crippen LogP contribution in [0.3, 0.4) is 0 Å². The zero-order valence-electron chi connectivity index (χ0n) is 10.3. The average Bonchev–Trinajstić information content (AvgIpc) is 2.16. The molecule has 2 rings (SSSR count). The van der Waals surface area contributed by atoms with E-state index in [0.717, 1.165) is 5.92 Å². The van der Waals surface area contributed by atoms with Crippen molar-refractivity contribution in [2.45, 2.75) is 58.4 Å². The van der Waals surface area contributed by atoms with Crippen molar-refractivity contribution in [3.63, 3.8) is 0 Å². The van der Waals surface area contributed by atoms with Crippen LogP contribution in [0.4, 0.5) is 0 Å². The van der Waals surface area contributed by atoms with Crippen molar-refractivity contribution in [2.24, 2.45) is 11.3 Å². The predicted octanol–water partition coefficient (Wildman–Crippen LogP) is 2.71. The van der Waals surface area contributed by atoms with Crippen LogP contribution in [0.1, 0.15) is 52.4 Å². The van der Waals surface area contributed by atoms with E-state index in [-0.39, 0.29) is 38.3 Å². The maximum absolute atomic E-state index is 11.6. The molecule has 0 spiro atoms. The first-order valence-corrected chi connectivity index (χ1v) is 5.86. The van der Waals surface area contributed by atoms with Gasteiger partial charge < -0.3 is 5.32 Å². The number of fused-ring (bicyclic) bond motifs is 1. The molecule has 1 aliphatic carbocycles. The summed E-state index contributed by atoms with van der Waals surface area (Å²) in [5.74, 6) is 1.01. The molecule has 2 nitrogen and oxygen atoms in total. The molecule has 1 N–H and O–H groups in total. The maximum atomic E-state index is 11.6. The Morgan fingerprint density at radius 1 is 1.19 bits per heavy atom. The van der Waals surface area contributed by atoms with Crippen molar-refractivity contribution in [3.05, 3.63) is 0 Å². The second-order valence-corrected chi connectivity index (χ2v) is 5.76. The SMILES string of the molecule is CC1(C)CC(=O)N[C@H]2CCCC[C@@H]2C1.S.S. The fourth-order valence-electron chi connectivity index (χ4n) is 3.12. The maximum Gasteiger partial charge on any atom is 0.220 e. The summed E-state index contributed by atoms with van der Waals surface area (Å²) >= 11 is 0. The van der Waals surface area contributed by atoms with Gasteiger partial charge in [0.25, 0.3) is 0 Å². The van der Waals surface area contributed by atoms with Gasteiger partial charge in [0.05, 0.1) is 0 Å². The molecule has 0 aromatic carbocycles. The van der Waals surface area contributed by atoms with Gasteiger partial charge in [-0.1, -0.05) is 26.7 Å². The zero-order valence-corrected chi connectivity index (χ0v) is 12.3. The lowest BCUT2D eigenvalue weighted by Gasteiger charge is -2.32. The molecule has 2 aliphatic rings. The van der Waals surface area contributed by atoms with Crippen molar-refractivity contribution in [1.29, 1.82) is 0 Å². The van der Waals surface area contributed by atoms with Crippen LogP contribution < -0.4 is 5.32 Å². The van der Waals surface area contributed by atoms with Gasteiger partial charge in [0.15, 0.2) is 0 Å². The molecule has 1 amide bonds. The van der Waals surface area contributed by atoms with Crippen LogP contribution in [0.2, 0.25) is 0 Å². The molecule has 4 heteroatoms. The minimum atomic E-state index is 0. The number of rotatable bonds is 0. The Kier molecular flexibility index (Phi) is 6.26. The third kappa shape index (κ3) is 3.88. The lowest BCUT2D eigenvalue weighted by Crippen LogP contribution is -2.39. The summed E-state index contributed by atoms with van der Waals surface area (Å²) in [6.45, 7) is 4.45. The Labute approximate surface area is 113 Å². The van der Waals surface area contributed by atoms with E-state index >= 15 is 0 Å². The largest absolute Gasteiger partial charge is 0.353 e. The molecule has 1 aliphatic heterocycles. The van der Waals surface area contributed by atoms with E-state index in [2.05, 4.69) is 19.2 Å². The highest BCUT2D eigenvalue weighted by atomic mass is 32.1. The number of carbonyl (C=O) groups is 1. The van der Waals surface area contributed by atoms with Crippen LogP contribution in [0.15, 0.2) is 0 Å². The lowest BCUT2D eigenvalue weighted by molar-refractivity contribution is -0.123. The normalized spacial score (nSPS) is 32.2. The van der Waals surface area contributed by atoms with Crippen LogP contribution >= 0.6 is 27.0 Å². The molecule has 96 valence electrons. The standard InChI is InChI=1S/C12H21NO.2H2S/c1-12(2)7-9-5-3-4-6-10(9)13-11(14)8-12;;/h9-10H,3-8H2,1-2H3,(H,13,14);2*1H2/t9-,10+;;/m1../s1. The summed E-state index contributed by atoms with van der Waals surface area (Å²) in [7, 11) is 0. The number of hydrogen-bond donors (Lipinski definition) is 1. The summed E-state index contributed by atoms with van der Waals surface area (Å²) in [5.41, 5.74) is 0.209. The van der Waals surface area contributed by atoms with Crippen LogP contribution in [0, 0.1) is 11.3 Å². The van der Waals surface area contributed by atoms with E-state index in [1.54, 1.807) is 0 Å². The lowest BCUT2D eigenvalue weighted by atomic mass is 9.74. The van der Waals surface area contributed by atoms with Gasteiger partial charge in [-0.25, -0.2) is 0 Å². The number of amides is 1. The molecule has 16 heavy (non-hydrogen) atoms. The van der Waals surface area contributed by atoms with Gasteiger partial charge in [0.1, 0.15) is 0 Å². The minimum absolute atomic E-state index is 0. The smallest absolute Gasteiger partial charge is 0.220 e. The van der Waals surface area contributed by atoms with Crippen LogP contribution in [-0.4, -0.2) is 11.9 Å². The van der Waals surface area contributed by atoms with Crippen molar-refractivity contribution < 1.29 is 4.79 Å². The van der Waals surface area contributed by atoms with Crippen LogP contribution in [0.25, 0.3) is 0 Å². The third-order valence-electron chi connectivity index (χ3n) is 3.71. The molecule has 0 unspecified atom stereocenters. The summed E-state index contributed by atoms with van der Waals surface area (Å²) in [5, 5.41) is 3.20. The molecule has 1 saturated heterocycles. The summed E-state index contributed by atoms with van der Waals surface area (Å²) < 4.78 is 0. The molecule has 0 bridgehead atoms. The summed E-state index contributed by atoms with van der Waals surface area (Å²) in [6, 6.07) is 0.484. The molecule has 1 heterocycles. The number of hydrogen-bond acceptors (Lipinski definition) is 1. The molecule has 0 aromatic rings. The van der Waals surface area contributed by atoms with E-state index in [1.165, 1.54) is 32.1 Å².